The molecule has 2 aliphatic carbocycles. The quantitative estimate of drug-likeness (QED) is 0.647. The maximum absolute atomic E-state index is 9.81. The van der Waals surface area contributed by atoms with Crippen LogP contribution >= 0.6 is 0 Å². The molecule has 21 heavy (non-hydrogen) atoms. The van der Waals surface area contributed by atoms with Crippen molar-refractivity contribution in [3.8, 4) is 0 Å². The van der Waals surface area contributed by atoms with Gasteiger partial charge in [0.1, 0.15) is 0 Å². The van der Waals surface area contributed by atoms with E-state index < -0.39 is 11.9 Å². The molecule has 2 fully saturated rings. The van der Waals surface area contributed by atoms with Crippen LogP contribution in [0.25, 0.3) is 0 Å². The van der Waals surface area contributed by atoms with E-state index in [1.165, 1.54) is 19.8 Å². The molecule has 0 amide bonds. The summed E-state index contributed by atoms with van der Waals surface area (Å²) in [5.74, 6) is -0.988. The van der Waals surface area contributed by atoms with E-state index in [-0.39, 0.29) is 17.1 Å². The van der Waals surface area contributed by atoms with Crippen molar-refractivity contribution in [3.63, 3.8) is 0 Å². The van der Waals surface area contributed by atoms with Crippen LogP contribution in [0.3, 0.4) is 0 Å². The third-order valence-electron chi connectivity index (χ3n) is 5.11. The van der Waals surface area contributed by atoms with Crippen molar-refractivity contribution in [1.29, 1.82) is 0 Å². The summed E-state index contributed by atoms with van der Waals surface area (Å²) in [6, 6.07) is 0. The lowest BCUT2D eigenvalue weighted by Crippen LogP contribution is -2.35. The Morgan fingerprint density at radius 3 is 1.62 bits per heavy atom. The number of aliphatic hydroxyl groups excluding tert-OH is 1. The fraction of sp³-hybridized carbons (Fsp3) is 0.750. The second kappa shape index (κ2) is 7.07. The normalized spacial score (nSPS) is 31.3. The summed E-state index contributed by atoms with van der Waals surface area (Å²) < 4.78 is 0. The zero-order valence-electron chi connectivity index (χ0n) is 13.6. The Morgan fingerprint density at radius 1 is 1.14 bits per heavy atom. The third-order valence-corrected chi connectivity index (χ3v) is 5.11. The fourth-order valence-electron chi connectivity index (χ4n) is 3.16. The van der Waals surface area contributed by atoms with E-state index >= 15 is 0 Å². The van der Waals surface area contributed by atoms with Crippen LogP contribution in [0.2, 0.25) is 0 Å². The maximum Gasteiger partial charge on any atom is 0.330 e. The second-order valence-electron chi connectivity index (χ2n) is 6.73. The number of aliphatic hydroxyl groups is 1. The molecule has 0 aliphatic heterocycles. The molecule has 3 atom stereocenters. The Kier molecular flexibility index (Phi) is 6.61. The minimum atomic E-state index is -0.935. The summed E-state index contributed by atoms with van der Waals surface area (Å²) in [5, 5.41) is 25.1. The van der Waals surface area contributed by atoms with E-state index in [2.05, 4.69) is 27.4 Å². The highest BCUT2D eigenvalue weighted by Gasteiger charge is 2.60. The molecule has 2 rings (SSSR count). The van der Waals surface area contributed by atoms with Crippen molar-refractivity contribution < 1.29 is 24.9 Å². The Morgan fingerprint density at radius 2 is 1.52 bits per heavy atom. The molecule has 2 bridgehead atoms. The van der Waals surface area contributed by atoms with Crippen molar-refractivity contribution >= 4 is 11.9 Å². The highest BCUT2D eigenvalue weighted by molar-refractivity contribution is 5.84. The van der Waals surface area contributed by atoms with Gasteiger partial charge in [-0.05, 0) is 42.9 Å². The Labute approximate surface area is 126 Å². The van der Waals surface area contributed by atoms with Gasteiger partial charge in [0.25, 0.3) is 5.97 Å². The first kappa shape index (κ1) is 19.6. The number of rotatable bonds is 1. The molecule has 3 N–H and O–H groups in total. The number of hydrogen-bond donors (Lipinski definition) is 3. The summed E-state index contributed by atoms with van der Waals surface area (Å²) in [6.07, 6.45) is 3.58. The van der Waals surface area contributed by atoms with Crippen LogP contribution in [0.4, 0.5) is 0 Å². The van der Waals surface area contributed by atoms with Gasteiger partial charge in [0.05, 0.1) is 6.10 Å². The fourth-order valence-corrected chi connectivity index (χ4v) is 3.16. The van der Waals surface area contributed by atoms with Crippen LogP contribution in [0.1, 0.15) is 53.9 Å². The molecule has 0 aromatic heterocycles. The zero-order valence-corrected chi connectivity index (χ0v) is 13.6. The van der Waals surface area contributed by atoms with Crippen molar-refractivity contribution in [1.82, 2.24) is 0 Å². The highest BCUT2D eigenvalue weighted by atomic mass is 16.4. The minimum absolute atomic E-state index is 0.0313. The SMILES string of the molecule is C=C(C)C(=O)O.CC(=O)O.CC1(C)C2CCC1(C)C(O)C2. The molecule has 0 spiro atoms. The van der Waals surface area contributed by atoms with Gasteiger partial charge in [0, 0.05) is 12.5 Å². The van der Waals surface area contributed by atoms with Gasteiger partial charge in [0.2, 0.25) is 0 Å². The van der Waals surface area contributed by atoms with Gasteiger partial charge >= 0.3 is 5.97 Å². The number of carboxylic acid groups (broad SMARTS) is 2. The van der Waals surface area contributed by atoms with Crippen molar-refractivity contribution in [3.05, 3.63) is 12.2 Å². The molecule has 0 saturated heterocycles. The van der Waals surface area contributed by atoms with E-state index in [1.807, 2.05) is 0 Å². The van der Waals surface area contributed by atoms with Gasteiger partial charge in [-0.1, -0.05) is 27.4 Å². The lowest BCUT2D eigenvalue weighted by molar-refractivity contribution is -0.134. The molecule has 122 valence electrons. The summed E-state index contributed by atoms with van der Waals surface area (Å²) in [6.45, 7) is 12.6. The van der Waals surface area contributed by atoms with Crippen LogP contribution in [-0.2, 0) is 9.59 Å². The van der Waals surface area contributed by atoms with Crippen LogP contribution < -0.4 is 0 Å². The van der Waals surface area contributed by atoms with E-state index in [0.29, 0.717) is 5.41 Å². The van der Waals surface area contributed by atoms with E-state index in [9.17, 15) is 9.90 Å². The van der Waals surface area contributed by atoms with E-state index in [0.717, 1.165) is 19.3 Å². The number of fused-ring (bicyclic) bond motifs is 2. The van der Waals surface area contributed by atoms with Gasteiger partial charge in [0.15, 0.2) is 0 Å². The van der Waals surface area contributed by atoms with Gasteiger partial charge in [-0.25, -0.2) is 4.79 Å². The number of hydrogen-bond acceptors (Lipinski definition) is 3. The lowest BCUT2D eigenvalue weighted by atomic mass is 9.70. The molecule has 0 heterocycles. The average molecular weight is 300 g/mol. The predicted octanol–water partition coefficient (Wildman–Crippen LogP) is 2.93. The van der Waals surface area contributed by atoms with Gasteiger partial charge in [-0.15, -0.1) is 0 Å². The van der Waals surface area contributed by atoms with Crippen molar-refractivity contribution in [2.24, 2.45) is 16.7 Å². The van der Waals surface area contributed by atoms with Crippen LogP contribution in [0.5, 0.6) is 0 Å². The first-order chi connectivity index (χ1) is 9.36. The number of carboxylic acids is 2. The van der Waals surface area contributed by atoms with Gasteiger partial charge < -0.3 is 15.3 Å². The number of aliphatic carboxylic acids is 2. The van der Waals surface area contributed by atoms with Crippen molar-refractivity contribution in [2.75, 3.05) is 0 Å². The summed E-state index contributed by atoms with van der Waals surface area (Å²) in [4.78, 5) is 18.6. The van der Waals surface area contributed by atoms with E-state index in [4.69, 9.17) is 15.0 Å². The topological polar surface area (TPSA) is 94.8 Å². The van der Waals surface area contributed by atoms with E-state index in [1.54, 1.807) is 0 Å². The Bertz CT molecular complexity index is 397. The molecule has 5 heteroatoms. The van der Waals surface area contributed by atoms with Crippen LogP contribution in [0.15, 0.2) is 12.2 Å². The molecular weight excluding hydrogens is 272 g/mol. The predicted molar refractivity (Wildman–Crippen MR) is 81.0 cm³/mol. The summed E-state index contributed by atoms with van der Waals surface area (Å²) in [7, 11) is 0. The molecule has 0 aromatic carbocycles. The third kappa shape index (κ3) is 4.56. The average Bonchev–Trinajstić information content (AvgIpc) is 2.62. The summed E-state index contributed by atoms with van der Waals surface area (Å²) >= 11 is 0. The largest absolute Gasteiger partial charge is 0.481 e. The first-order valence-corrected chi connectivity index (χ1v) is 7.12. The molecule has 0 aromatic rings. The van der Waals surface area contributed by atoms with Crippen LogP contribution in [0, 0.1) is 16.7 Å². The molecule has 2 aliphatic rings. The van der Waals surface area contributed by atoms with Crippen molar-refractivity contribution in [2.45, 2.75) is 60.0 Å². The molecule has 5 nitrogen and oxygen atoms in total. The summed E-state index contributed by atoms with van der Waals surface area (Å²) in [5.41, 5.74) is 0.777. The zero-order chi connectivity index (χ0) is 17.0. The molecular formula is C16H28O5. The van der Waals surface area contributed by atoms with Gasteiger partial charge in [-0.3, -0.25) is 4.79 Å². The Balaban J connectivity index is 0.000000342. The smallest absolute Gasteiger partial charge is 0.330 e. The molecule has 3 unspecified atom stereocenters. The second-order valence-corrected chi connectivity index (χ2v) is 6.73. The molecule has 2 saturated carbocycles. The maximum atomic E-state index is 9.81. The highest BCUT2D eigenvalue weighted by Crippen LogP contribution is 2.65. The van der Waals surface area contributed by atoms with Crippen LogP contribution in [-0.4, -0.2) is 33.4 Å². The minimum Gasteiger partial charge on any atom is -0.481 e. The number of carbonyl (C=O) groups is 2. The Hall–Kier alpha value is -1.36. The van der Waals surface area contributed by atoms with Gasteiger partial charge in [-0.2, -0.15) is 0 Å². The molecule has 0 radical (unpaired) electrons. The standard InChI is InChI=1S/C10H18O.C4H6O2.C2H4O2/c1-9(2)7-4-5-10(9,3)8(11)6-7;1-3(2)4(5)6;1-2(3)4/h7-8,11H,4-6H2,1-3H3;1H2,2H3,(H,5,6);1H3,(H,3,4). The first-order valence-electron chi connectivity index (χ1n) is 7.12. The lowest BCUT2D eigenvalue weighted by Gasteiger charge is -2.36. The monoisotopic (exact) mass is 300 g/mol.